The first kappa shape index (κ1) is 21.6. The Balaban J connectivity index is 1.46. The lowest BCUT2D eigenvalue weighted by atomic mass is 9.88. The van der Waals surface area contributed by atoms with Crippen molar-refractivity contribution in [1.82, 2.24) is 10.2 Å². The van der Waals surface area contributed by atoms with E-state index in [1.165, 1.54) is 0 Å². The Morgan fingerprint density at radius 2 is 1.44 bits per heavy atom. The number of carbonyl (C=O) groups excluding carboxylic acids is 3. The van der Waals surface area contributed by atoms with Gasteiger partial charge in [0.15, 0.2) is 0 Å². The average Bonchev–Trinajstić information content (AvgIpc) is 3.08. The first-order chi connectivity index (χ1) is 16.4. The number of anilines is 1. The van der Waals surface area contributed by atoms with Crippen LogP contribution in [0.5, 0.6) is 0 Å². The summed E-state index contributed by atoms with van der Waals surface area (Å²) in [7, 11) is 0. The van der Waals surface area contributed by atoms with Gasteiger partial charge in [0.05, 0.1) is 5.69 Å². The first-order valence-corrected chi connectivity index (χ1v) is 11.3. The Kier molecular flexibility index (Phi) is 5.28. The molecule has 1 aliphatic heterocycles. The molecule has 6 heteroatoms. The predicted octanol–water partition coefficient (Wildman–Crippen LogP) is 4.81. The van der Waals surface area contributed by atoms with Crippen molar-refractivity contribution in [3.8, 4) is 0 Å². The fourth-order valence-corrected chi connectivity index (χ4v) is 4.83. The molecule has 0 spiro atoms. The Morgan fingerprint density at radius 1 is 0.853 bits per heavy atom. The van der Waals surface area contributed by atoms with Gasteiger partial charge in [-0.3, -0.25) is 14.5 Å². The van der Waals surface area contributed by atoms with Crippen LogP contribution in [0.1, 0.15) is 19.4 Å². The molecular formula is C28H25N3O3. The minimum atomic E-state index is -1.26. The molecular weight excluding hydrogens is 426 g/mol. The number of carbonyl (C=O) groups is 3. The van der Waals surface area contributed by atoms with Crippen LogP contribution < -0.4 is 10.2 Å². The number of fused-ring (bicyclic) bond motifs is 2. The van der Waals surface area contributed by atoms with E-state index in [0.717, 1.165) is 32.1 Å². The van der Waals surface area contributed by atoms with Gasteiger partial charge < -0.3 is 10.2 Å². The fraction of sp³-hybridized carbons (Fsp3) is 0.179. The Bertz CT molecular complexity index is 1440. The number of likely N-dealkylation sites (N-methyl/N-ethyl adjacent to an activating group) is 1. The summed E-state index contributed by atoms with van der Waals surface area (Å²) < 4.78 is 0. The molecule has 1 heterocycles. The van der Waals surface area contributed by atoms with Gasteiger partial charge in [-0.05, 0) is 41.6 Å². The monoisotopic (exact) mass is 451 g/mol. The number of rotatable bonds is 5. The zero-order valence-corrected chi connectivity index (χ0v) is 19.1. The normalized spacial score (nSPS) is 17.9. The zero-order chi connectivity index (χ0) is 23.9. The molecule has 0 aliphatic carbocycles. The van der Waals surface area contributed by atoms with Crippen molar-refractivity contribution in [1.29, 1.82) is 0 Å². The summed E-state index contributed by atoms with van der Waals surface area (Å²) >= 11 is 0. The Hall–Kier alpha value is -4.19. The third kappa shape index (κ3) is 3.39. The summed E-state index contributed by atoms with van der Waals surface area (Å²) in [5.41, 5.74) is 0.212. The van der Waals surface area contributed by atoms with Crippen molar-refractivity contribution >= 4 is 45.1 Å². The van der Waals surface area contributed by atoms with E-state index in [4.69, 9.17) is 0 Å². The summed E-state index contributed by atoms with van der Waals surface area (Å²) in [6.07, 6.45) is 0. The largest absolute Gasteiger partial charge is 0.325 e. The van der Waals surface area contributed by atoms with Crippen LogP contribution in [0.25, 0.3) is 21.5 Å². The van der Waals surface area contributed by atoms with Crippen LogP contribution in [0.15, 0.2) is 84.9 Å². The third-order valence-corrected chi connectivity index (χ3v) is 6.57. The van der Waals surface area contributed by atoms with Crippen molar-refractivity contribution < 1.29 is 14.4 Å². The molecule has 4 aromatic carbocycles. The summed E-state index contributed by atoms with van der Waals surface area (Å²) in [5.74, 6) is -0.749. The van der Waals surface area contributed by atoms with Crippen LogP contribution in [0.4, 0.5) is 10.5 Å². The van der Waals surface area contributed by atoms with Crippen molar-refractivity contribution in [2.45, 2.75) is 19.4 Å². The fourth-order valence-electron chi connectivity index (χ4n) is 4.83. The zero-order valence-electron chi connectivity index (χ0n) is 19.1. The van der Waals surface area contributed by atoms with Crippen molar-refractivity contribution in [2.75, 3.05) is 18.0 Å². The number of imide groups is 1. The van der Waals surface area contributed by atoms with E-state index in [1.807, 2.05) is 91.9 Å². The number of amides is 4. The van der Waals surface area contributed by atoms with Gasteiger partial charge in [0.25, 0.3) is 5.91 Å². The van der Waals surface area contributed by atoms with E-state index in [2.05, 4.69) is 5.32 Å². The summed E-state index contributed by atoms with van der Waals surface area (Å²) in [5, 5.41) is 6.66. The number of urea groups is 1. The maximum Gasteiger partial charge on any atom is 0.325 e. The molecule has 1 unspecified atom stereocenters. The highest BCUT2D eigenvalue weighted by Gasteiger charge is 2.50. The van der Waals surface area contributed by atoms with E-state index >= 15 is 0 Å². The van der Waals surface area contributed by atoms with E-state index in [-0.39, 0.29) is 12.5 Å². The summed E-state index contributed by atoms with van der Waals surface area (Å²) in [6.45, 7) is 3.66. The molecule has 0 saturated carbocycles. The standard InChI is InChI=1S/C28H25N3O3/c1-3-30(24-17-9-13-20-11-5-7-15-22(20)24)25(32)18-31-26(33)28(2,29-27(31)34)23-16-8-12-19-10-4-6-14-21(19)23/h4-17H,3,18H2,1-2H3,(H,29,34). The molecule has 0 bridgehead atoms. The average molecular weight is 452 g/mol. The molecule has 0 radical (unpaired) electrons. The highest BCUT2D eigenvalue weighted by molar-refractivity contribution is 6.13. The van der Waals surface area contributed by atoms with Crippen molar-refractivity contribution in [2.24, 2.45) is 0 Å². The second-order valence-electron chi connectivity index (χ2n) is 8.61. The molecule has 1 atom stereocenters. The minimum Gasteiger partial charge on any atom is -0.319 e. The highest BCUT2D eigenvalue weighted by atomic mass is 16.2. The lowest BCUT2D eigenvalue weighted by Gasteiger charge is -2.26. The molecule has 1 fully saturated rings. The van der Waals surface area contributed by atoms with Gasteiger partial charge in [0.1, 0.15) is 12.1 Å². The van der Waals surface area contributed by atoms with E-state index in [9.17, 15) is 14.4 Å². The lowest BCUT2D eigenvalue weighted by Crippen LogP contribution is -2.44. The molecule has 4 amide bonds. The van der Waals surface area contributed by atoms with Gasteiger partial charge in [-0.1, -0.05) is 78.9 Å². The van der Waals surface area contributed by atoms with Gasteiger partial charge in [-0.2, -0.15) is 0 Å². The number of benzene rings is 4. The maximum atomic E-state index is 13.5. The van der Waals surface area contributed by atoms with Crippen molar-refractivity contribution in [3.05, 3.63) is 90.5 Å². The van der Waals surface area contributed by atoms with Gasteiger partial charge in [-0.25, -0.2) is 4.79 Å². The second kappa shape index (κ2) is 8.30. The predicted molar refractivity (Wildman–Crippen MR) is 134 cm³/mol. The molecule has 6 nitrogen and oxygen atoms in total. The molecule has 170 valence electrons. The molecule has 0 aromatic heterocycles. The molecule has 1 aliphatic rings. The molecule has 1 saturated heterocycles. The third-order valence-electron chi connectivity index (χ3n) is 6.57. The van der Waals surface area contributed by atoms with Gasteiger partial charge in [0.2, 0.25) is 5.91 Å². The maximum absolute atomic E-state index is 13.5. The molecule has 34 heavy (non-hydrogen) atoms. The van der Waals surface area contributed by atoms with Gasteiger partial charge in [0, 0.05) is 11.9 Å². The van der Waals surface area contributed by atoms with Crippen LogP contribution >= 0.6 is 0 Å². The summed E-state index contributed by atoms with van der Waals surface area (Å²) in [4.78, 5) is 42.5. The van der Waals surface area contributed by atoms with E-state index in [0.29, 0.717) is 12.1 Å². The van der Waals surface area contributed by atoms with Crippen LogP contribution in [0.3, 0.4) is 0 Å². The van der Waals surface area contributed by atoms with Crippen LogP contribution in [0.2, 0.25) is 0 Å². The number of hydrogen-bond acceptors (Lipinski definition) is 3. The SMILES string of the molecule is CCN(C(=O)CN1C(=O)NC(C)(c2cccc3ccccc23)C1=O)c1cccc2ccccc12. The Labute approximate surface area is 197 Å². The van der Waals surface area contributed by atoms with Gasteiger partial charge >= 0.3 is 6.03 Å². The van der Waals surface area contributed by atoms with E-state index < -0.39 is 17.5 Å². The minimum absolute atomic E-state index is 0.315. The topological polar surface area (TPSA) is 69.7 Å². The molecule has 1 N–H and O–H groups in total. The van der Waals surface area contributed by atoms with Gasteiger partial charge in [-0.15, -0.1) is 0 Å². The molecule has 4 aromatic rings. The Morgan fingerprint density at radius 3 is 2.15 bits per heavy atom. The summed E-state index contributed by atoms with van der Waals surface area (Å²) in [6, 6.07) is 26.5. The second-order valence-corrected chi connectivity index (χ2v) is 8.61. The highest BCUT2D eigenvalue weighted by Crippen LogP contribution is 2.34. The van der Waals surface area contributed by atoms with E-state index in [1.54, 1.807) is 11.8 Å². The number of nitrogens with one attached hydrogen (secondary N) is 1. The smallest absolute Gasteiger partial charge is 0.319 e. The van der Waals surface area contributed by atoms with Crippen LogP contribution in [0, 0.1) is 0 Å². The van der Waals surface area contributed by atoms with Crippen LogP contribution in [-0.4, -0.2) is 35.8 Å². The van der Waals surface area contributed by atoms with Crippen LogP contribution in [-0.2, 0) is 15.1 Å². The van der Waals surface area contributed by atoms with Crippen molar-refractivity contribution in [3.63, 3.8) is 0 Å². The quantitative estimate of drug-likeness (QED) is 0.443. The number of nitrogens with zero attached hydrogens (tertiary/aromatic N) is 2. The number of hydrogen-bond donors (Lipinski definition) is 1. The molecule has 5 rings (SSSR count). The first-order valence-electron chi connectivity index (χ1n) is 11.3. The lowest BCUT2D eigenvalue weighted by molar-refractivity contribution is -0.134.